The highest BCUT2D eigenvalue weighted by atomic mass is 31.1. The van der Waals surface area contributed by atoms with E-state index in [1.54, 1.807) is 30.4 Å². The fourth-order valence-corrected chi connectivity index (χ4v) is 3.52. The van der Waals surface area contributed by atoms with Gasteiger partial charge < -0.3 is 4.57 Å². The standard InChI is InChI=1S/C17H18F2N3OP/c1-22-12(9-20)5-6-16(22)13-7-15(19)17(8-14(13)18)24(2)23-21-10-11-3-4-11/h5-8,11,21H,3-4,10H2,1-2H3. The average Bonchev–Trinajstić information content (AvgIpc) is 3.30. The number of hydrogen-bond donors (Lipinski definition) is 1. The van der Waals surface area contributed by atoms with Gasteiger partial charge in [0.25, 0.3) is 0 Å². The Balaban J connectivity index is 1.82. The van der Waals surface area contributed by atoms with Gasteiger partial charge in [0.1, 0.15) is 23.4 Å². The van der Waals surface area contributed by atoms with Crippen molar-refractivity contribution < 1.29 is 13.4 Å². The summed E-state index contributed by atoms with van der Waals surface area (Å²) in [5.74, 6) is -0.394. The van der Waals surface area contributed by atoms with Crippen LogP contribution >= 0.6 is 8.15 Å². The SMILES string of the molecule is Cn1c(C#N)ccc1-c1cc(F)c(P(C)ONCC2CC2)cc1F. The number of nitrogens with one attached hydrogen (secondary N) is 1. The van der Waals surface area contributed by atoms with Crippen molar-refractivity contribution in [3.63, 3.8) is 0 Å². The molecule has 0 amide bonds. The molecule has 1 fully saturated rings. The summed E-state index contributed by atoms with van der Waals surface area (Å²) < 4.78 is 36.0. The van der Waals surface area contributed by atoms with Crippen LogP contribution in [0.3, 0.4) is 0 Å². The van der Waals surface area contributed by atoms with E-state index in [0.29, 0.717) is 17.3 Å². The maximum atomic E-state index is 14.5. The van der Waals surface area contributed by atoms with Gasteiger partial charge in [-0.3, -0.25) is 4.62 Å². The minimum atomic E-state index is -1.29. The first-order valence-corrected chi connectivity index (χ1v) is 9.40. The summed E-state index contributed by atoms with van der Waals surface area (Å²) in [6, 6.07) is 7.56. The molecule has 1 aromatic carbocycles. The molecule has 1 heterocycles. The van der Waals surface area contributed by atoms with E-state index in [0.717, 1.165) is 6.54 Å². The Labute approximate surface area is 140 Å². The summed E-state index contributed by atoms with van der Waals surface area (Å²) >= 11 is 0. The van der Waals surface area contributed by atoms with Crippen LogP contribution in [0.5, 0.6) is 0 Å². The van der Waals surface area contributed by atoms with Gasteiger partial charge in [0.05, 0.1) is 13.8 Å². The minimum absolute atomic E-state index is 0.134. The van der Waals surface area contributed by atoms with E-state index < -0.39 is 19.8 Å². The predicted octanol–water partition coefficient (Wildman–Crippen LogP) is 3.43. The largest absolute Gasteiger partial charge is 0.335 e. The highest BCUT2D eigenvalue weighted by Gasteiger charge is 2.22. The van der Waals surface area contributed by atoms with Crippen molar-refractivity contribution >= 4 is 13.5 Å². The molecule has 24 heavy (non-hydrogen) atoms. The van der Waals surface area contributed by atoms with Gasteiger partial charge in [-0.05, 0) is 49.7 Å². The number of benzene rings is 1. The van der Waals surface area contributed by atoms with Crippen LogP contribution in [0.25, 0.3) is 11.3 Å². The van der Waals surface area contributed by atoms with Gasteiger partial charge in [0.2, 0.25) is 0 Å². The zero-order chi connectivity index (χ0) is 17.3. The van der Waals surface area contributed by atoms with Gasteiger partial charge in [-0.25, -0.2) is 8.78 Å². The molecule has 0 spiro atoms. The van der Waals surface area contributed by atoms with Gasteiger partial charge in [0.15, 0.2) is 0 Å². The summed E-state index contributed by atoms with van der Waals surface area (Å²) in [6.45, 7) is 2.48. The predicted molar refractivity (Wildman–Crippen MR) is 89.8 cm³/mol. The number of hydrogen-bond acceptors (Lipinski definition) is 3. The molecule has 7 heteroatoms. The zero-order valence-electron chi connectivity index (χ0n) is 13.5. The van der Waals surface area contributed by atoms with Gasteiger partial charge in [-0.1, -0.05) is 0 Å². The highest BCUT2D eigenvalue weighted by Crippen LogP contribution is 2.35. The van der Waals surface area contributed by atoms with Gasteiger partial charge in [0, 0.05) is 24.5 Å². The smallest absolute Gasteiger partial charge is 0.134 e. The van der Waals surface area contributed by atoms with Crippen molar-refractivity contribution in [1.82, 2.24) is 10.0 Å². The van der Waals surface area contributed by atoms with Crippen LogP contribution in [0, 0.1) is 28.9 Å². The van der Waals surface area contributed by atoms with Crippen molar-refractivity contribution in [2.24, 2.45) is 13.0 Å². The second-order valence-corrected chi connectivity index (χ2v) is 7.60. The van der Waals surface area contributed by atoms with Crippen LogP contribution in [-0.4, -0.2) is 17.8 Å². The normalized spacial score (nSPS) is 15.3. The summed E-state index contributed by atoms with van der Waals surface area (Å²) in [5, 5.41) is 9.21. The molecule has 1 unspecified atom stereocenters. The molecule has 1 aromatic heterocycles. The van der Waals surface area contributed by atoms with E-state index >= 15 is 0 Å². The molecule has 0 radical (unpaired) electrons. The lowest BCUT2D eigenvalue weighted by atomic mass is 10.1. The summed E-state index contributed by atoms with van der Waals surface area (Å²) in [6.07, 6.45) is 2.38. The fraction of sp³-hybridized carbons (Fsp3) is 0.353. The van der Waals surface area contributed by atoms with E-state index in [-0.39, 0.29) is 10.9 Å². The molecule has 1 aliphatic carbocycles. The number of aromatic nitrogens is 1. The molecule has 0 saturated heterocycles. The average molecular weight is 349 g/mol. The Morgan fingerprint density at radius 1 is 1.33 bits per heavy atom. The van der Waals surface area contributed by atoms with Gasteiger partial charge >= 0.3 is 0 Å². The van der Waals surface area contributed by atoms with E-state index in [2.05, 4.69) is 5.48 Å². The lowest BCUT2D eigenvalue weighted by molar-refractivity contribution is 0.220. The summed E-state index contributed by atoms with van der Waals surface area (Å²) in [5.41, 5.74) is 3.84. The van der Waals surface area contributed by atoms with Crippen molar-refractivity contribution in [2.45, 2.75) is 12.8 Å². The molecule has 1 saturated carbocycles. The summed E-state index contributed by atoms with van der Waals surface area (Å²) in [7, 11) is 0.362. The zero-order valence-corrected chi connectivity index (χ0v) is 14.4. The summed E-state index contributed by atoms with van der Waals surface area (Å²) in [4.78, 5) is 0. The molecule has 1 aliphatic rings. The minimum Gasteiger partial charge on any atom is -0.335 e. The monoisotopic (exact) mass is 349 g/mol. The third kappa shape index (κ3) is 3.49. The van der Waals surface area contributed by atoms with Crippen molar-refractivity contribution in [3.05, 3.63) is 41.6 Å². The number of hydroxylamine groups is 1. The molecule has 1 N–H and O–H groups in total. The quantitative estimate of drug-likeness (QED) is 0.642. The maximum absolute atomic E-state index is 14.5. The highest BCUT2D eigenvalue weighted by molar-refractivity contribution is 7.60. The molecule has 0 bridgehead atoms. The Morgan fingerprint density at radius 3 is 2.71 bits per heavy atom. The third-order valence-corrected chi connectivity index (χ3v) is 5.58. The van der Waals surface area contributed by atoms with Crippen LogP contribution in [-0.2, 0) is 11.7 Å². The molecule has 2 aromatic rings. The molecule has 126 valence electrons. The van der Waals surface area contributed by atoms with Crippen LogP contribution in [0.15, 0.2) is 24.3 Å². The van der Waals surface area contributed by atoms with E-state index in [9.17, 15) is 8.78 Å². The lowest BCUT2D eigenvalue weighted by Gasteiger charge is -2.15. The van der Waals surface area contributed by atoms with E-state index in [1.807, 2.05) is 6.07 Å². The van der Waals surface area contributed by atoms with Gasteiger partial charge in [-0.2, -0.15) is 10.7 Å². The Morgan fingerprint density at radius 2 is 2.08 bits per heavy atom. The van der Waals surface area contributed by atoms with E-state index in [4.69, 9.17) is 9.89 Å². The van der Waals surface area contributed by atoms with E-state index in [1.165, 1.54) is 25.0 Å². The van der Waals surface area contributed by atoms with Crippen LogP contribution in [0.4, 0.5) is 8.78 Å². The van der Waals surface area contributed by atoms with Crippen molar-refractivity contribution in [1.29, 1.82) is 5.26 Å². The number of rotatable bonds is 6. The Bertz CT molecular complexity index is 796. The molecule has 3 rings (SSSR count). The molecular weight excluding hydrogens is 331 g/mol. The lowest BCUT2D eigenvalue weighted by Crippen LogP contribution is -2.19. The topological polar surface area (TPSA) is 50.0 Å². The number of halogens is 2. The first-order chi connectivity index (χ1) is 11.5. The first-order valence-electron chi connectivity index (χ1n) is 7.70. The molecule has 0 aliphatic heterocycles. The number of nitrogens with zero attached hydrogens (tertiary/aromatic N) is 2. The maximum Gasteiger partial charge on any atom is 0.134 e. The van der Waals surface area contributed by atoms with Crippen LogP contribution in [0.2, 0.25) is 0 Å². The Kier molecular flexibility index (Phi) is 4.96. The Hall–Kier alpha value is -1.80. The van der Waals surface area contributed by atoms with Crippen LogP contribution in [0.1, 0.15) is 18.5 Å². The first kappa shape index (κ1) is 17.0. The molecule has 4 nitrogen and oxygen atoms in total. The van der Waals surface area contributed by atoms with Crippen LogP contribution < -0.4 is 10.8 Å². The fourth-order valence-electron chi connectivity index (χ4n) is 2.49. The molecular formula is C17H18F2N3OP. The van der Waals surface area contributed by atoms with Crippen molar-refractivity contribution in [2.75, 3.05) is 13.2 Å². The van der Waals surface area contributed by atoms with Crippen molar-refractivity contribution in [3.8, 4) is 17.3 Å². The van der Waals surface area contributed by atoms with Gasteiger partial charge in [-0.15, -0.1) is 0 Å². The second kappa shape index (κ2) is 6.98. The molecule has 1 atom stereocenters. The second-order valence-electron chi connectivity index (χ2n) is 5.94. The third-order valence-electron chi connectivity index (χ3n) is 4.16. The number of nitriles is 1.